The minimum atomic E-state index is -1.41. The minimum Gasteiger partial charge on any atom is -0.497 e. The van der Waals surface area contributed by atoms with Crippen molar-refractivity contribution in [2.24, 2.45) is 23.2 Å². The van der Waals surface area contributed by atoms with E-state index in [1.54, 1.807) is 41.2 Å². The maximum Gasteiger partial charge on any atom is 0.320 e. The van der Waals surface area contributed by atoms with Crippen LogP contribution in [0.1, 0.15) is 38.5 Å². The molecule has 216 valence electrons. The van der Waals surface area contributed by atoms with E-state index in [-0.39, 0.29) is 5.41 Å². The zero-order valence-electron chi connectivity index (χ0n) is 23.8. The van der Waals surface area contributed by atoms with Gasteiger partial charge >= 0.3 is 6.03 Å². The molecule has 5 aliphatic rings. The standard InChI is InChI=1S/C34H36N4O4/c1-42-27-11-7-8-25(17-27)35-33(41)36-30-31(39)37(21-34-18-22-14-23(19-34)16-24(15-22)20-34)28-12-5-6-13-29(28)38(32(30)40)26-9-3-2-4-10-26/h2-13,17,22-24,30H,14-16,18-21H2,1H3,(H2,35,36,41). The molecule has 3 aromatic carbocycles. The van der Waals surface area contributed by atoms with E-state index in [2.05, 4.69) is 10.6 Å². The molecule has 2 N–H and O–H groups in total. The molecule has 8 rings (SSSR count). The molecule has 8 heteroatoms. The lowest BCUT2D eigenvalue weighted by Gasteiger charge is -2.57. The number of amides is 4. The van der Waals surface area contributed by atoms with Crippen LogP contribution >= 0.6 is 0 Å². The quantitative estimate of drug-likeness (QED) is 0.353. The van der Waals surface area contributed by atoms with Crippen LogP contribution in [-0.2, 0) is 9.59 Å². The van der Waals surface area contributed by atoms with Crippen molar-refractivity contribution >= 4 is 40.6 Å². The molecule has 4 bridgehead atoms. The highest BCUT2D eigenvalue weighted by Gasteiger charge is 2.53. The highest BCUT2D eigenvalue weighted by Crippen LogP contribution is 2.60. The van der Waals surface area contributed by atoms with Crippen LogP contribution in [0.25, 0.3) is 0 Å². The Balaban J connectivity index is 1.26. The summed E-state index contributed by atoms with van der Waals surface area (Å²) in [4.78, 5) is 45.5. The molecule has 0 spiro atoms. The summed E-state index contributed by atoms with van der Waals surface area (Å²) in [5.74, 6) is 1.85. The Labute approximate surface area is 246 Å². The number of para-hydroxylation sites is 3. The highest BCUT2D eigenvalue weighted by atomic mass is 16.5. The van der Waals surface area contributed by atoms with Gasteiger partial charge in [-0.3, -0.25) is 14.5 Å². The van der Waals surface area contributed by atoms with Crippen molar-refractivity contribution in [1.82, 2.24) is 5.32 Å². The van der Waals surface area contributed by atoms with E-state index in [9.17, 15) is 14.4 Å². The van der Waals surface area contributed by atoms with Gasteiger partial charge in [-0.25, -0.2) is 4.79 Å². The Morgan fingerprint density at radius 1 is 0.833 bits per heavy atom. The normalized spacial score (nSPS) is 27.8. The maximum absolute atomic E-state index is 14.5. The number of benzene rings is 3. The maximum atomic E-state index is 14.5. The molecular weight excluding hydrogens is 528 g/mol. The molecule has 1 unspecified atom stereocenters. The first-order valence-electron chi connectivity index (χ1n) is 14.9. The largest absolute Gasteiger partial charge is 0.497 e. The summed E-state index contributed by atoms with van der Waals surface area (Å²) in [6, 6.07) is 21.8. The van der Waals surface area contributed by atoms with Crippen molar-refractivity contribution < 1.29 is 19.1 Å². The number of rotatable bonds is 6. The van der Waals surface area contributed by atoms with Gasteiger partial charge in [-0.05, 0) is 98.1 Å². The topological polar surface area (TPSA) is 91.0 Å². The van der Waals surface area contributed by atoms with Gasteiger partial charge in [0, 0.05) is 24.0 Å². The summed E-state index contributed by atoms with van der Waals surface area (Å²) in [6.45, 7) is 0.554. The second-order valence-corrected chi connectivity index (χ2v) is 12.6. The Morgan fingerprint density at radius 3 is 2.14 bits per heavy atom. The predicted octanol–water partition coefficient (Wildman–Crippen LogP) is 6.11. The molecule has 0 aromatic heterocycles. The molecule has 0 saturated heterocycles. The lowest BCUT2D eigenvalue weighted by atomic mass is 9.49. The summed E-state index contributed by atoms with van der Waals surface area (Å²) in [7, 11) is 1.55. The lowest BCUT2D eigenvalue weighted by Crippen LogP contribution is -2.58. The van der Waals surface area contributed by atoms with Gasteiger partial charge in [0.1, 0.15) is 5.75 Å². The van der Waals surface area contributed by atoms with Crippen LogP contribution in [0.3, 0.4) is 0 Å². The van der Waals surface area contributed by atoms with Crippen molar-refractivity contribution in [3.63, 3.8) is 0 Å². The third kappa shape index (κ3) is 4.78. The smallest absolute Gasteiger partial charge is 0.320 e. The number of nitrogens with zero attached hydrogens (tertiary/aromatic N) is 2. The number of hydrogen-bond donors (Lipinski definition) is 2. The SMILES string of the molecule is COc1cccc(NC(=O)NC2C(=O)N(CC34CC5CC(CC(C5)C3)C4)c3ccccc3N(c3ccccc3)C2=O)c1. The average molecular weight is 565 g/mol. The van der Waals surface area contributed by atoms with E-state index in [0.717, 1.165) is 37.0 Å². The Hall–Kier alpha value is -4.33. The van der Waals surface area contributed by atoms with Crippen LogP contribution in [0.4, 0.5) is 27.5 Å². The Morgan fingerprint density at radius 2 is 1.48 bits per heavy atom. The number of fused-ring (bicyclic) bond motifs is 1. The van der Waals surface area contributed by atoms with Crippen molar-refractivity contribution in [1.29, 1.82) is 0 Å². The number of carbonyl (C=O) groups excluding carboxylic acids is 3. The van der Waals surface area contributed by atoms with E-state index >= 15 is 0 Å². The Kier molecular flexibility index (Phi) is 6.64. The summed E-state index contributed by atoms with van der Waals surface area (Å²) >= 11 is 0. The van der Waals surface area contributed by atoms with E-state index in [1.165, 1.54) is 19.3 Å². The molecule has 1 atom stereocenters. The van der Waals surface area contributed by atoms with Crippen molar-refractivity contribution in [2.75, 3.05) is 28.8 Å². The number of hydrogen-bond acceptors (Lipinski definition) is 4. The minimum absolute atomic E-state index is 0.0376. The van der Waals surface area contributed by atoms with Crippen molar-refractivity contribution in [2.45, 2.75) is 44.6 Å². The Bertz CT molecular complexity index is 1490. The summed E-state index contributed by atoms with van der Waals surface area (Å²) in [6.07, 6.45) is 7.27. The van der Waals surface area contributed by atoms with E-state index in [0.29, 0.717) is 35.0 Å². The van der Waals surface area contributed by atoms with E-state index < -0.39 is 23.9 Å². The first-order valence-corrected chi connectivity index (χ1v) is 14.9. The van der Waals surface area contributed by atoms with Gasteiger partial charge in [-0.15, -0.1) is 0 Å². The predicted molar refractivity (Wildman–Crippen MR) is 162 cm³/mol. The van der Waals surface area contributed by atoms with Crippen LogP contribution in [0.15, 0.2) is 78.9 Å². The fourth-order valence-corrected chi connectivity index (χ4v) is 8.46. The summed E-state index contributed by atoms with van der Waals surface area (Å²) in [5.41, 5.74) is 2.52. The van der Waals surface area contributed by atoms with Crippen molar-refractivity contribution in [3.8, 4) is 5.75 Å². The lowest BCUT2D eigenvalue weighted by molar-refractivity contribution is -0.129. The molecular formula is C34H36N4O4. The molecule has 4 saturated carbocycles. The van der Waals surface area contributed by atoms with Gasteiger partial charge in [0.2, 0.25) is 0 Å². The second-order valence-electron chi connectivity index (χ2n) is 12.6. The molecule has 42 heavy (non-hydrogen) atoms. The number of ether oxygens (including phenoxy) is 1. The number of carbonyl (C=O) groups is 3. The molecule has 4 aliphatic carbocycles. The molecule has 3 aromatic rings. The molecule has 4 amide bonds. The first-order chi connectivity index (χ1) is 20.4. The van der Waals surface area contributed by atoms with Gasteiger partial charge < -0.3 is 20.3 Å². The fourth-order valence-electron chi connectivity index (χ4n) is 8.46. The molecule has 0 radical (unpaired) electrons. The zero-order valence-corrected chi connectivity index (χ0v) is 23.8. The van der Waals surface area contributed by atoms with Crippen LogP contribution in [-0.4, -0.2) is 37.5 Å². The number of anilines is 4. The second kappa shape index (κ2) is 10.5. The highest BCUT2D eigenvalue weighted by molar-refractivity contribution is 6.24. The van der Waals surface area contributed by atoms with E-state index in [1.807, 2.05) is 54.6 Å². The van der Waals surface area contributed by atoms with Gasteiger partial charge in [-0.2, -0.15) is 0 Å². The van der Waals surface area contributed by atoms with Crippen LogP contribution in [0.5, 0.6) is 5.75 Å². The summed E-state index contributed by atoms with van der Waals surface area (Å²) in [5, 5.41) is 5.51. The van der Waals surface area contributed by atoms with Crippen LogP contribution in [0, 0.1) is 23.2 Å². The molecule has 1 aliphatic heterocycles. The van der Waals surface area contributed by atoms with Crippen molar-refractivity contribution in [3.05, 3.63) is 78.9 Å². The van der Waals surface area contributed by atoms with Crippen LogP contribution in [0.2, 0.25) is 0 Å². The summed E-state index contributed by atoms with van der Waals surface area (Å²) < 4.78 is 5.27. The van der Waals surface area contributed by atoms with E-state index in [4.69, 9.17) is 4.74 Å². The number of methoxy groups -OCH3 is 1. The van der Waals surface area contributed by atoms with Gasteiger partial charge in [0.05, 0.1) is 18.5 Å². The first kappa shape index (κ1) is 26.6. The van der Waals surface area contributed by atoms with Gasteiger partial charge in [-0.1, -0.05) is 36.4 Å². The van der Waals surface area contributed by atoms with Gasteiger partial charge in [0.15, 0.2) is 6.04 Å². The third-order valence-electron chi connectivity index (χ3n) is 9.67. The van der Waals surface area contributed by atoms with Crippen LogP contribution < -0.4 is 25.2 Å². The monoisotopic (exact) mass is 564 g/mol. The number of urea groups is 1. The molecule has 4 fully saturated rings. The third-order valence-corrected chi connectivity index (χ3v) is 9.67. The fraction of sp³-hybridized carbons (Fsp3) is 0.382. The average Bonchev–Trinajstić information content (AvgIpc) is 3.06. The zero-order chi connectivity index (χ0) is 28.8. The number of nitrogens with one attached hydrogen (secondary N) is 2. The van der Waals surface area contributed by atoms with Gasteiger partial charge in [0.25, 0.3) is 11.8 Å². The molecule has 1 heterocycles. The molecule has 8 nitrogen and oxygen atoms in total.